The fourth-order valence-corrected chi connectivity index (χ4v) is 5.75. The summed E-state index contributed by atoms with van der Waals surface area (Å²) in [6.45, 7) is -0.315. The van der Waals surface area contributed by atoms with Crippen molar-refractivity contribution in [3.63, 3.8) is 0 Å². The van der Waals surface area contributed by atoms with Crippen LogP contribution < -0.4 is 9.64 Å². The van der Waals surface area contributed by atoms with Crippen molar-refractivity contribution in [2.24, 2.45) is 0 Å². The summed E-state index contributed by atoms with van der Waals surface area (Å²) < 4.78 is 46.7. The standard InChI is InChI=1S/C22H26ClFN2O4S/c1-25(17-10-8-16(24)9-11-17)22(27)15-26(18-6-4-3-5-7-18)31(28,29)19-12-13-21(30-2)20(23)14-19/h8-14,18H,3-7,15H2,1-2H3. The van der Waals surface area contributed by atoms with Crippen LogP contribution in [0.1, 0.15) is 32.1 Å². The van der Waals surface area contributed by atoms with Gasteiger partial charge in [0, 0.05) is 18.8 Å². The summed E-state index contributed by atoms with van der Waals surface area (Å²) >= 11 is 6.16. The van der Waals surface area contributed by atoms with Crippen molar-refractivity contribution in [3.05, 3.63) is 53.3 Å². The van der Waals surface area contributed by atoms with Gasteiger partial charge in [-0.25, -0.2) is 12.8 Å². The molecule has 168 valence electrons. The predicted octanol–water partition coefficient (Wildman–Crippen LogP) is 4.47. The maximum Gasteiger partial charge on any atom is 0.243 e. The first-order chi connectivity index (χ1) is 14.7. The summed E-state index contributed by atoms with van der Waals surface area (Å²) in [5.74, 6) is -0.440. The molecule has 1 aliphatic carbocycles. The smallest absolute Gasteiger partial charge is 0.243 e. The lowest BCUT2D eigenvalue weighted by Gasteiger charge is -2.34. The third-order valence-electron chi connectivity index (χ3n) is 5.59. The highest BCUT2D eigenvalue weighted by molar-refractivity contribution is 7.89. The molecule has 2 aromatic carbocycles. The van der Waals surface area contributed by atoms with Gasteiger partial charge in [0.2, 0.25) is 15.9 Å². The number of halogens is 2. The summed E-state index contributed by atoms with van der Waals surface area (Å²) in [6.07, 6.45) is 4.24. The maximum atomic E-state index is 13.5. The van der Waals surface area contributed by atoms with Crippen LogP contribution in [0.2, 0.25) is 5.02 Å². The molecule has 0 heterocycles. The molecule has 1 saturated carbocycles. The zero-order chi connectivity index (χ0) is 22.6. The van der Waals surface area contributed by atoms with Crippen molar-refractivity contribution in [3.8, 4) is 5.75 Å². The van der Waals surface area contributed by atoms with Gasteiger partial charge in [0.25, 0.3) is 0 Å². The summed E-state index contributed by atoms with van der Waals surface area (Å²) in [7, 11) is -0.981. The SMILES string of the molecule is COc1ccc(S(=O)(=O)N(CC(=O)N(C)c2ccc(F)cc2)C2CCCCC2)cc1Cl. The van der Waals surface area contributed by atoms with Crippen molar-refractivity contribution in [1.29, 1.82) is 0 Å². The van der Waals surface area contributed by atoms with Crippen LogP contribution in [0.4, 0.5) is 10.1 Å². The van der Waals surface area contributed by atoms with Gasteiger partial charge in [-0.2, -0.15) is 4.31 Å². The van der Waals surface area contributed by atoms with E-state index in [0.29, 0.717) is 24.3 Å². The zero-order valence-corrected chi connectivity index (χ0v) is 19.1. The molecule has 0 aromatic heterocycles. The molecular formula is C22H26ClFN2O4S. The average molecular weight is 469 g/mol. The van der Waals surface area contributed by atoms with Crippen LogP contribution in [-0.2, 0) is 14.8 Å². The molecule has 0 saturated heterocycles. The topological polar surface area (TPSA) is 66.9 Å². The quantitative estimate of drug-likeness (QED) is 0.601. The Labute approximate surface area is 187 Å². The van der Waals surface area contributed by atoms with Gasteiger partial charge in [-0.1, -0.05) is 30.9 Å². The van der Waals surface area contributed by atoms with Gasteiger partial charge in [0.15, 0.2) is 0 Å². The second-order valence-corrected chi connectivity index (χ2v) is 9.87. The largest absolute Gasteiger partial charge is 0.495 e. The minimum Gasteiger partial charge on any atom is -0.495 e. The predicted molar refractivity (Wildman–Crippen MR) is 119 cm³/mol. The van der Waals surface area contributed by atoms with Crippen LogP contribution in [-0.4, -0.2) is 45.4 Å². The number of carbonyl (C=O) groups excluding carboxylic acids is 1. The molecule has 1 fully saturated rings. The number of benzene rings is 2. The molecule has 0 bridgehead atoms. The fourth-order valence-electron chi connectivity index (χ4n) is 3.77. The third kappa shape index (κ3) is 5.37. The van der Waals surface area contributed by atoms with E-state index in [-0.39, 0.29) is 22.5 Å². The Morgan fingerprint density at radius 3 is 2.35 bits per heavy atom. The Kier molecular flexibility index (Phi) is 7.56. The molecular weight excluding hydrogens is 443 g/mol. The zero-order valence-electron chi connectivity index (χ0n) is 17.6. The van der Waals surface area contributed by atoms with E-state index in [1.807, 2.05) is 0 Å². The summed E-state index contributed by atoms with van der Waals surface area (Å²) in [5, 5.41) is 0.182. The summed E-state index contributed by atoms with van der Waals surface area (Å²) in [4.78, 5) is 14.4. The first-order valence-corrected chi connectivity index (χ1v) is 11.9. The summed E-state index contributed by atoms with van der Waals surface area (Å²) in [6, 6.07) is 9.49. The second kappa shape index (κ2) is 9.97. The van der Waals surface area contributed by atoms with E-state index in [2.05, 4.69) is 0 Å². The lowest BCUT2D eigenvalue weighted by atomic mass is 9.95. The fraction of sp³-hybridized carbons (Fsp3) is 0.409. The number of anilines is 1. The van der Waals surface area contributed by atoms with Gasteiger partial charge >= 0.3 is 0 Å². The average Bonchev–Trinajstić information content (AvgIpc) is 2.77. The van der Waals surface area contributed by atoms with Crippen molar-refractivity contribution in [2.75, 3.05) is 25.6 Å². The Morgan fingerprint density at radius 2 is 1.77 bits per heavy atom. The van der Waals surface area contributed by atoms with Gasteiger partial charge in [0.05, 0.1) is 23.6 Å². The molecule has 3 rings (SSSR count). The molecule has 0 unspecified atom stereocenters. The number of amides is 1. The van der Waals surface area contributed by atoms with Crippen LogP contribution in [0.3, 0.4) is 0 Å². The maximum absolute atomic E-state index is 13.5. The van der Waals surface area contributed by atoms with Gasteiger partial charge in [-0.05, 0) is 55.3 Å². The van der Waals surface area contributed by atoms with Crippen LogP contribution in [0, 0.1) is 5.82 Å². The van der Waals surface area contributed by atoms with Gasteiger partial charge in [0.1, 0.15) is 11.6 Å². The number of sulfonamides is 1. The minimum atomic E-state index is -3.98. The number of rotatable bonds is 7. The van der Waals surface area contributed by atoms with Crippen molar-refractivity contribution < 1.29 is 22.3 Å². The molecule has 0 radical (unpaired) electrons. The molecule has 1 aliphatic rings. The Morgan fingerprint density at radius 1 is 1.13 bits per heavy atom. The Balaban J connectivity index is 1.91. The molecule has 9 heteroatoms. The van der Waals surface area contributed by atoms with Crippen LogP contribution in [0.5, 0.6) is 5.75 Å². The first kappa shape index (κ1) is 23.5. The van der Waals surface area contributed by atoms with Crippen molar-refractivity contribution in [2.45, 2.75) is 43.0 Å². The van der Waals surface area contributed by atoms with E-state index in [4.69, 9.17) is 16.3 Å². The first-order valence-electron chi connectivity index (χ1n) is 10.1. The van der Waals surface area contributed by atoms with E-state index in [1.54, 1.807) is 7.05 Å². The number of hydrogen-bond acceptors (Lipinski definition) is 4. The Hall–Kier alpha value is -2.16. The second-order valence-electron chi connectivity index (χ2n) is 7.57. The number of hydrogen-bond donors (Lipinski definition) is 0. The van der Waals surface area contributed by atoms with Crippen molar-refractivity contribution >= 4 is 33.2 Å². The number of ether oxygens (including phenoxy) is 1. The van der Waals surface area contributed by atoms with Gasteiger partial charge in [-0.3, -0.25) is 4.79 Å². The monoisotopic (exact) mass is 468 g/mol. The molecule has 0 spiro atoms. The minimum absolute atomic E-state index is 0.0149. The normalized spacial score (nSPS) is 15.1. The lowest BCUT2D eigenvalue weighted by Crippen LogP contribution is -2.47. The molecule has 0 N–H and O–H groups in total. The van der Waals surface area contributed by atoms with Crippen LogP contribution >= 0.6 is 11.6 Å². The highest BCUT2D eigenvalue weighted by Crippen LogP contribution is 2.32. The molecule has 6 nitrogen and oxygen atoms in total. The number of nitrogens with zero attached hydrogens (tertiary/aromatic N) is 2. The molecule has 0 aliphatic heterocycles. The molecule has 31 heavy (non-hydrogen) atoms. The van der Waals surface area contributed by atoms with Crippen molar-refractivity contribution in [1.82, 2.24) is 4.31 Å². The molecule has 2 aromatic rings. The Bertz CT molecular complexity index is 1020. The van der Waals surface area contributed by atoms with E-state index < -0.39 is 21.7 Å². The van der Waals surface area contributed by atoms with E-state index in [1.165, 1.54) is 58.8 Å². The van der Waals surface area contributed by atoms with Gasteiger partial charge < -0.3 is 9.64 Å². The highest BCUT2D eigenvalue weighted by atomic mass is 35.5. The van der Waals surface area contributed by atoms with E-state index >= 15 is 0 Å². The number of carbonyl (C=O) groups is 1. The van der Waals surface area contributed by atoms with E-state index in [0.717, 1.165) is 19.3 Å². The van der Waals surface area contributed by atoms with Crippen LogP contribution in [0.15, 0.2) is 47.4 Å². The number of methoxy groups -OCH3 is 1. The summed E-state index contributed by atoms with van der Waals surface area (Å²) in [5.41, 5.74) is 0.486. The number of likely N-dealkylation sites (N-methyl/N-ethyl adjacent to an activating group) is 1. The third-order valence-corrected chi connectivity index (χ3v) is 7.78. The molecule has 0 atom stereocenters. The lowest BCUT2D eigenvalue weighted by molar-refractivity contribution is -0.119. The molecule has 1 amide bonds. The highest BCUT2D eigenvalue weighted by Gasteiger charge is 2.35. The van der Waals surface area contributed by atoms with Gasteiger partial charge in [-0.15, -0.1) is 0 Å². The van der Waals surface area contributed by atoms with Crippen LogP contribution in [0.25, 0.3) is 0 Å². The van der Waals surface area contributed by atoms with E-state index in [9.17, 15) is 17.6 Å².